The van der Waals surface area contributed by atoms with Gasteiger partial charge in [-0.05, 0) is 24.3 Å². The summed E-state index contributed by atoms with van der Waals surface area (Å²) in [6.45, 7) is 0. The van der Waals surface area contributed by atoms with Crippen molar-refractivity contribution in [1.29, 1.82) is 0 Å². The molecule has 18 heavy (non-hydrogen) atoms. The second-order valence-corrected chi connectivity index (χ2v) is 3.40. The first-order valence-corrected chi connectivity index (χ1v) is 5.05. The fourth-order valence-electron chi connectivity index (χ4n) is 1.27. The summed E-state index contributed by atoms with van der Waals surface area (Å²) in [4.78, 5) is 20.8. The van der Waals surface area contributed by atoms with E-state index in [2.05, 4.69) is 0 Å². The highest BCUT2D eigenvalue weighted by molar-refractivity contribution is 5.32. The van der Waals surface area contributed by atoms with E-state index in [-0.39, 0.29) is 28.1 Å². The van der Waals surface area contributed by atoms with Gasteiger partial charge in [0.25, 0.3) is 0 Å². The monoisotopic (exact) mass is 248 g/mol. The van der Waals surface area contributed by atoms with E-state index < -0.39 is 0 Å². The third-order valence-corrected chi connectivity index (χ3v) is 2.00. The number of phenolic OH excluding ortho intramolecular Hbond substituents is 2. The zero-order valence-corrected chi connectivity index (χ0v) is 9.19. The van der Waals surface area contributed by atoms with E-state index in [1.807, 2.05) is 0 Å². The Morgan fingerprint density at radius 3 is 1.67 bits per heavy atom. The molecule has 6 nitrogen and oxygen atoms in total. The second kappa shape index (κ2) is 5.05. The van der Waals surface area contributed by atoms with E-state index in [4.69, 9.17) is 9.68 Å². The van der Waals surface area contributed by atoms with E-state index in [9.17, 15) is 15.1 Å². The summed E-state index contributed by atoms with van der Waals surface area (Å²) in [6, 6.07) is 11.4. The van der Waals surface area contributed by atoms with Crippen LogP contribution < -0.4 is 9.68 Å². The molecule has 0 saturated carbocycles. The Kier molecular flexibility index (Phi) is 3.29. The molecule has 2 rings (SSSR count). The van der Waals surface area contributed by atoms with Crippen molar-refractivity contribution in [2.75, 3.05) is 0 Å². The first kappa shape index (κ1) is 11.7. The number of hydrogen-bond donors (Lipinski definition) is 2. The normalized spacial score (nSPS) is 9.78. The lowest BCUT2D eigenvalue weighted by atomic mass is 10.3. The summed E-state index contributed by atoms with van der Waals surface area (Å²) >= 11 is 0. The Hall–Kier alpha value is -2.76. The molecular formula is C12H10NO5+. The molecule has 92 valence electrons. The lowest BCUT2D eigenvalue weighted by molar-refractivity contribution is -0.920. The van der Waals surface area contributed by atoms with Crippen molar-refractivity contribution in [3.63, 3.8) is 0 Å². The molecule has 6 heteroatoms. The number of aromatic hydroxyl groups is 2. The van der Waals surface area contributed by atoms with Crippen LogP contribution >= 0.6 is 0 Å². The van der Waals surface area contributed by atoms with E-state index >= 15 is 0 Å². The van der Waals surface area contributed by atoms with Crippen molar-refractivity contribution in [2.24, 2.45) is 0 Å². The summed E-state index contributed by atoms with van der Waals surface area (Å²) in [7, 11) is 0. The van der Waals surface area contributed by atoms with E-state index in [1.165, 1.54) is 48.5 Å². The van der Waals surface area contributed by atoms with Gasteiger partial charge in [0.15, 0.2) is 0 Å². The number of hydrogen-bond acceptors (Lipinski definition) is 5. The molecule has 0 aliphatic rings. The van der Waals surface area contributed by atoms with Crippen LogP contribution in [-0.4, -0.2) is 15.3 Å². The Morgan fingerprint density at radius 2 is 1.28 bits per heavy atom. The summed E-state index contributed by atoms with van der Waals surface area (Å²) in [5.74, 6) is 0.201. The van der Waals surface area contributed by atoms with Crippen LogP contribution in [0.4, 0.5) is 0 Å². The van der Waals surface area contributed by atoms with Gasteiger partial charge < -0.3 is 10.2 Å². The zero-order chi connectivity index (χ0) is 13.0. The summed E-state index contributed by atoms with van der Waals surface area (Å²) < 4.78 is 0. The highest BCUT2D eigenvalue weighted by Crippen LogP contribution is 2.20. The van der Waals surface area contributed by atoms with Gasteiger partial charge in [0.2, 0.25) is 11.5 Å². The van der Waals surface area contributed by atoms with Crippen molar-refractivity contribution in [3.05, 3.63) is 53.4 Å². The van der Waals surface area contributed by atoms with Gasteiger partial charge in [0, 0.05) is 12.1 Å². The molecule has 0 spiro atoms. The molecule has 0 aliphatic heterocycles. The topological polar surface area (TPSA) is 79.0 Å². The quantitative estimate of drug-likeness (QED) is 0.810. The maximum absolute atomic E-state index is 11.3. The summed E-state index contributed by atoms with van der Waals surface area (Å²) in [5.41, 5.74) is 0. The second-order valence-electron chi connectivity index (χ2n) is 3.40. The molecule has 2 aromatic rings. The Bertz CT molecular complexity index is 520. The smallest absolute Gasteiger partial charge is 0.489 e. The van der Waals surface area contributed by atoms with Crippen LogP contribution in [0, 0.1) is 4.91 Å². The van der Waals surface area contributed by atoms with Crippen LogP contribution in [0.25, 0.3) is 0 Å². The number of phenols is 2. The van der Waals surface area contributed by atoms with Crippen LogP contribution in [0.5, 0.6) is 23.0 Å². The molecule has 0 radical (unpaired) electrons. The molecule has 2 aromatic carbocycles. The molecule has 0 amide bonds. The third kappa shape index (κ3) is 3.11. The van der Waals surface area contributed by atoms with Gasteiger partial charge >= 0.3 is 5.09 Å². The third-order valence-electron chi connectivity index (χ3n) is 2.00. The lowest BCUT2D eigenvalue weighted by Crippen LogP contribution is -2.16. The van der Waals surface area contributed by atoms with Crippen molar-refractivity contribution in [1.82, 2.24) is 0 Å². The molecule has 0 fully saturated rings. The lowest BCUT2D eigenvalue weighted by Gasteiger charge is -1.96. The van der Waals surface area contributed by atoms with Crippen molar-refractivity contribution >= 4 is 0 Å². The minimum Gasteiger partial charge on any atom is -0.508 e. The van der Waals surface area contributed by atoms with Gasteiger partial charge in [0.1, 0.15) is 16.4 Å². The fraction of sp³-hybridized carbons (Fsp3) is 0. The van der Waals surface area contributed by atoms with Crippen LogP contribution in [0.3, 0.4) is 0 Å². The fourth-order valence-corrected chi connectivity index (χ4v) is 1.27. The van der Waals surface area contributed by atoms with E-state index in [0.29, 0.717) is 0 Å². The van der Waals surface area contributed by atoms with Crippen molar-refractivity contribution in [3.8, 4) is 23.0 Å². The molecule has 0 saturated heterocycles. The molecule has 2 N–H and O–H groups in total. The average molecular weight is 248 g/mol. The van der Waals surface area contributed by atoms with Crippen LogP contribution in [0.1, 0.15) is 0 Å². The van der Waals surface area contributed by atoms with Crippen LogP contribution in [0.15, 0.2) is 48.5 Å². The average Bonchev–Trinajstić information content (AvgIpc) is 2.28. The van der Waals surface area contributed by atoms with Crippen molar-refractivity contribution in [2.45, 2.75) is 0 Å². The predicted molar refractivity (Wildman–Crippen MR) is 61.1 cm³/mol. The maximum Gasteiger partial charge on any atom is 0.489 e. The molecular weight excluding hydrogens is 238 g/mol. The predicted octanol–water partition coefficient (Wildman–Crippen LogP) is 2.16. The molecule has 0 atom stereocenters. The number of nitrogens with zero attached hydrogens (tertiary/aromatic N) is 1. The molecule has 0 aromatic heterocycles. The largest absolute Gasteiger partial charge is 0.508 e. The minimum atomic E-state index is -0.121. The standard InChI is InChI=1S/C12H9NO5/c14-9-3-1-5-11(7-9)17-13(16)18-12-6-2-4-10(15)8-12/h1-8H,(H-,14,15)/p+1. The highest BCUT2D eigenvalue weighted by atomic mass is 17.0. The number of benzene rings is 2. The molecule has 0 aliphatic carbocycles. The SMILES string of the molecule is O=[N+](Oc1cccc(O)c1)Oc1cccc(O)c1. The Balaban J connectivity index is 2.01. The molecule has 0 unspecified atom stereocenters. The maximum atomic E-state index is 11.3. The van der Waals surface area contributed by atoms with Crippen LogP contribution in [0.2, 0.25) is 0 Å². The van der Waals surface area contributed by atoms with Gasteiger partial charge in [-0.15, -0.1) is 9.68 Å². The van der Waals surface area contributed by atoms with Gasteiger partial charge in [-0.3, -0.25) is 0 Å². The van der Waals surface area contributed by atoms with Crippen LogP contribution in [-0.2, 0) is 0 Å². The van der Waals surface area contributed by atoms with Gasteiger partial charge in [-0.25, -0.2) is 0 Å². The van der Waals surface area contributed by atoms with Gasteiger partial charge in [0.05, 0.1) is 0 Å². The highest BCUT2D eigenvalue weighted by Gasteiger charge is 2.17. The van der Waals surface area contributed by atoms with Gasteiger partial charge in [-0.2, -0.15) is 0 Å². The molecule has 0 heterocycles. The minimum absolute atomic E-state index is 0.0294. The van der Waals surface area contributed by atoms with E-state index in [0.717, 1.165) is 0 Å². The molecule has 0 bridgehead atoms. The van der Waals surface area contributed by atoms with E-state index in [1.54, 1.807) is 0 Å². The Labute approximate surface area is 102 Å². The Morgan fingerprint density at radius 1 is 0.833 bits per heavy atom. The summed E-state index contributed by atoms with van der Waals surface area (Å²) in [6.07, 6.45) is 0. The van der Waals surface area contributed by atoms with Gasteiger partial charge in [-0.1, -0.05) is 12.1 Å². The zero-order valence-electron chi connectivity index (χ0n) is 9.19. The first-order chi connectivity index (χ1) is 8.63. The first-order valence-electron chi connectivity index (χ1n) is 5.05. The van der Waals surface area contributed by atoms with Crippen molar-refractivity contribution < 1.29 is 25.0 Å². The number of rotatable bonds is 4. The summed E-state index contributed by atoms with van der Waals surface area (Å²) in [5, 5.41) is 18.2.